The summed E-state index contributed by atoms with van der Waals surface area (Å²) in [5.41, 5.74) is 0. The van der Waals surface area contributed by atoms with E-state index in [0.29, 0.717) is 48.2 Å². The topological polar surface area (TPSA) is 65.4 Å². The number of rotatable bonds is 2. The number of ether oxygens (including phenoxy) is 2. The summed E-state index contributed by atoms with van der Waals surface area (Å²) in [5.74, 6) is 0. The largest absolute Gasteiger partial charge is 0.394 e. The highest BCUT2D eigenvalue weighted by Gasteiger charge is 2.28. The zero-order valence-corrected chi connectivity index (χ0v) is 15.3. The van der Waals surface area contributed by atoms with Crippen LogP contribution >= 0.6 is 46.0 Å². The van der Waals surface area contributed by atoms with Crippen molar-refractivity contribution in [3.8, 4) is 0 Å². The van der Waals surface area contributed by atoms with Crippen LogP contribution in [0.4, 0.5) is 0 Å². The van der Waals surface area contributed by atoms with Crippen LogP contribution in [0.3, 0.4) is 0 Å². The molecule has 0 aromatic rings. The monoisotopic (exact) mass is 384 g/mol. The van der Waals surface area contributed by atoms with Crippen LogP contribution in [0.15, 0.2) is 0 Å². The van der Waals surface area contributed by atoms with Gasteiger partial charge >= 0.3 is 0 Å². The van der Waals surface area contributed by atoms with Crippen molar-refractivity contribution in [1.82, 2.24) is 9.80 Å². The van der Waals surface area contributed by atoms with Crippen molar-refractivity contribution in [2.24, 2.45) is 0 Å². The van der Waals surface area contributed by atoms with Gasteiger partial charge in [0.2, 0.25) is 0 Å². The second-order valence-electron chi connectivity index (χ2n) is 4.91. The molecule has 2 aliphatic heterocycles. The van der Waals surface area contributed by atoms with Crippen molar-refractivity contribution in [3.63, 3.8) is 0 Å². The highest BCUT2D eigenvalue weighted by Crippen LogP contribution is 2.31. The maximum atomic E-state index is 9.39. The lowest BCUT2D eigenvalue weighted by Gasteiger charge is -2.37. The van der Waals surface area contributed by atoms with Gasteiger partial charge < -0.3 is 29.5 Å². The fraction of sp³-hybridized carbons (Fsp3) is 0.833. The van der Waals surface area contributed by atoms with E-state index in [2.05, 4.69) is 0 Å². The predicted octanol–water partition coefficient (Wildman–Crippen LogP) is 0.324. The number of aliphatic hydroxyl groups is 2. The molecule has 2 N–H and O–H groups in total. The molecule has 0 bridgehead atoms. The van der Waals surface area contributed by atoms with Crippen LogP contribution in [0.2, 0.25) is 0 Å². The van der Waals surface area contributed by atoms with Gasteiger partial charge in [0, 0.05) is 13.1 Å². The van der Waals surface area contributed by atoms with E-state index in [1.165, 1.54) is 21.6 Å². The first-order chi connectivity index (χ1) is 10.7. The molecule has 2 fully saturated rings. The molecule has 0 spiro atoms. The van der Waals surface area contributed by atoms with Crippen molar-refractivity contribution in [1.29, 1.82) is 0 Å². The molecule has 10 heteroatoms. The first-order valence-corrected chi connectivity index (χ1v) is 9.97. The summed E-state index contributed by atoms with van der Waals surface area (Å²) in [6.07, 6.45) is 0. The van der Waals surface area contributed by atoms with Crippen LogP contribution in [-0.4, -0.2) is 93.5 Å². The van der Waals surface area contributed by atoms with Gasteiger partial charge in [0.1, 0.15) is 8.64 Å². The molecule has 2 atom stereocenters. The molecule has 0 radical (unpaired) electrons. The van der Waals surface area contributed by atoms with Crippen LogP contribution in [0.25, 0.3) is 0 Å². The maximum absolute atomic E-state index is 9.39. The molecule has 0 saturated carbocycles. The zero-order chi connectivity index (χ0) is 15.9. The summed E-state index contributed by atoms with van der Waals surface area (Å²) in [6, 6.07) is -0.173. The second-order valence-corrected chi connectivity index (χ2v) is 8.30. The Hall–Kier alpha value is 0.320. The highest BCUT2D eigenvalue weighted by molar-refractivity contribution is 8.89. The van der Waals surface area contributed by atoms with Crippen LogP contribution in [0.1, 0.15) is 0 Å². The van der Waals surface area contributed by atoms with Gasteiger partial charge in [0.05, 0.1) is 51.7 Å². The Morgan fingerprint density at radius 1 is 0.909 bits per heavy atom. The number of hydrogen-bond donors (Lipinski definition) is 2. The number of aliphatic hydroxyl groups excluding tert-OH is 2. The van der Waals surface area contributed by atoms with Gasteiger partial charge in [-0.1, -0.05) is 24.4 Å². The van der Waals surface area contributed by atoms with E-state index >= 15 is 0 Å². The lowest BCUT2D eigenvalue weighted by molar-refractivity contribution is 0.00704. The molecule has 0 amide bonds. The van der Waals surface area contributed by atoms with Crippen molar-refractivity contribution in [2.75, 3.05) is 52.7 Å². The Balaban J connectivity index is 1.83. The highest BCUT2D eigenvalue weighted by atomic mass is 33.1. The standard InChI is InChI=1S/C12H20N2O4S4/c15-5-9-7-17-3-1-13(9)11(19)21-22-12(20)14-2-4-18-8-10(14)6-16/h9-10,15-16H,1-8H2/t9-,10-/m1/s1. The molecule has 2 heterocycles. The summed E-state index contributed by atoms with van der Waals surface area (Å²) in [7, 11) is 2.84. The van der Waals surface area contributed by atoms with E-state index in [1.54, 1.807) is 0 Å². The lowest BCUT2D eigenvalue weighted by Crippen LogP contribution is -2.49. The molecule has 2 rings (SSSR count). The Morgan fingerprint density at radius 3 is 1.68 bits per heavy atom. The van der Waals surface area contributed by atoms with Gasteiger partial charge in [0.25, 0.3) is 0 Å². The number of hydrogen-bond acceptors (Lipinski definition) is 8. The van der Waals surface area contributed by atoms with Crippen LogP contribution < -0.4 is 0 Å². The Bertz CT molecular complexity index is 365. The quantitative estimate of drug-likeness (QED) is 0.514. The minimum atomic E-state index is -0.0866. The molecular weight excluding hydrogens is 364 g/mol. The van der Waals surface area contributed by atoms with E-state index in [4.69, 9.17) is 33.9 Å². The molecule has 0 aliphatic carbocycles. The number of morpholine rings is 2. The smallest absolute Gasteiger partial charge is 0.147 e. The van der Waals surface area contributed by atoms with E-state index < -0.39 is 0 Å². The molecule has 2 aliphatic rings. The Kier molecular flexibility index (Phi) is 8.12. The Morgan fingerprint density at radius 2 is 1.32 bits per heavy atom. The molecule has 22 heavy (non-hydrogen) atoms. The SMILES string of the molecule is OC[C@@H]1COCCN1C(=S)SSC(=S)N1CCOC[C@H]1CO. The fourth-order valence-electron chi connectivity index (χ4n) is 2.26. The third-order valence-corrected chi connectivity index (χ3v) is 7.17. The summed E-state index contributed by atoms with van der Waals surface area (Å²) in [6.45, 7) is 3.61. The van der Waals surface area contributed by atoms with Gasteiger partial charge in [-0.15, -0.1) is 0 Å². The second kappa shape index (κ2) is 9.58. The normalized spacial score (nSPS) is 26.1. The molecule has 126 valence electrons. The van der Waals surface area contributed by atoms with Crippen LogP contribution in [-0.2, 0) is 9.47 Å². The summed E-state index contributed by atoms with van der Waals surface area (Å²) < 4.78 is 12.1. The van der Waals surface area contributed by atoms with Crippen molar-refractivity contribution >= 4 is 54.7 Å². The van der Waals surface area contributed by atoms with Crippen LogP contribution in [0.5, 0.6) is 0 Å². The van der Waals surface area contributed by atoms with Gasteiger partial charge in [-0.3, -0.25) is 0 Å². The summed E-state index contributed by atoms with van der Waals surface area (Å²) in [5, 5.41) is 18.8. The molecule has 2 saturated heterocycles. The van der Waals surface area contributed by atoms with Crippen molar-refractivity contribution in [2.45, 2.75) is 12.1 Å². The van der Waals surface area contributed by atoms with E-state index in [0.717, 1.165) is 0 Å². The predicted molar refractivity (Wildman–Crippen MR) is 97.2 cm³/mol. The average Bonchev–Trinajstić information content (AvgIpc) is 2.59. The van der Waals surface area contributed by atoms with Crippen LogP contribution in [0, 0.1) is 0 Å². The molecule has 6 nitrogen and oxygen atoms in total. The lowest BCUT2D eigenvalue weighted by atomic mass is 10.2. The van der Waals surface area contributed by atoms with Gasteiger partial charge in [-0.05, 0) is 21.6 Å². The number of thiocarbonyl (C=S) groups is 2. The van der Waals surface area contributed by atoms with Gasteiger partial charge in [-0.2, -0.15) is 0 Å². The van der Waals surface area contributed by atoms with E-state index in [1.807, 2.05) is 9.80 Å². The first-order valence-electron chi connectivity index (χ1n) is 7.00. The Labute approximate surface area is 148 Å². The van der Waals surface area contributed by atoms with E-state index in [9.17, 15) is 10.2 Å². The van der Waals surface area contributed by atoms with Crippen molar-refractivity contribution < 1.29 is 19.7 Å². The number of nitrogens with zero attached hydrogens (tertiary/aromatic N) is 2. The molecular formula is C12H20N2O4S4. The molecule has 0 aromatic carbocycles. The first kappa shape index (κ1) is 18.7. The average molecular weight is 385 g/mol. The van der Waals surface area contributed by atoms with Crippen molar-refractivity contribution in [3.05, 3.63) is 0 Å². The fourth-order valence-corrected chi connectivity index (χ4v) is 5.17. The molecule has 0 aromatic heterocycles. The minimum Gasteiger partial charge on any atom is -0.394 e. The van der Waals surface area contributed by atoms with Gasteiger partial charge in [0.15, 0.2) is 0 Å². The summed E-state index contributed by atoms with van der Waals surface area (Å²) >= 11 is 10.9. The van der Waals surface area contributed by atoms with E-state index in [-0.39, 0.29) is 25.3 Å². The zero-order valence-electron chi connectivity index (χ0n) is 12.0. The maximum Gasteiger partial charge on any atom is 0.147 e. The third-order valence-electron chi connectivity index (χ3n) is 3.53. The third kappa shape index (κ3) is 4.91. The minimum absolute atomic E-state index is 0.0197. The summed E-state index contributed by atoms with van der Waals surface area (Å²) in [4.78, 5) is 3.98. The van der Waals surface area contributed by atoms with Gasteiger partial charge in [-0.25, -0.2) is 0 Å². The molecule has 0 unspecified atom stereocenters.